The van der Waals surface area contributed by atoms with E-state index >= 15 is 0 Å². The summed E-state index contributed by atoms with van der Waals surface area (Å²) in [7, 11) is -4.04. The minimum absolute atomic E-state index is 0.0217. The van der Waals surface area contributed by atoms with Crippen LogP contribution in [0.25, 0.3) is 0 Å². The molecule has 0 saturated heterocycles. The Balaban J connectivity index is 1.30. The predicted molar refractivity (Wildman–Crippen MR) is 149 cm³/mol. The third-order valence-electron chi connectivity index (χ3n) is 5.73. The molecule has 0 radical (unpaired) electrons. The first kappa shape index (κ1) is 26.7. The van der Waals surface area contributed by atoms with Gasteiger partial charge in [-0.3, -0.25) is 9.52 Å². The number of rotatable bonds is 8. The third kappa shape index (κ3) is 6.39. The second-order valence-corrected chi connectivity index (χ2v) is 11.0. The maximum absolute atomic E-state index is 13.1. The van der Waals surface area contributed by atoms with E-state index in [9.17, 15) is 13.2 Å². The third-order valence-corrected chi connectivity index (χ3v) is 7.66. The molecule has 0 fully saturated rings. The minimum atomic E-state index is -4.04. The van der Waals surface area contributed by atoms with E-state index < -0.39 is 15.9 Å². The summed E-state index contributed by atoms with van der Waals surface area (Å²) in [6.07, 6.45) is 0. The van der Waals surface area contributed by atoms with Crippen LogP contribution in [0.4, 0.5) is 5.69 Å². The standard InChI is InChI=1S/C28H22Cl2N2O6S/c29-19-6-11-24(22(16-19)28(33)31-17-18-5-12-26-27(15-18)37-14-13-36-26)32-39(34,35)21-9-7-20(8-10-21)38-25-4-2-1-3-23(25)30/h1-12,15-16,32H,13-14,17H2,(H,31,33). The molecule has 1 heterocycles. The van der Waals surface area contributed by atoms with Gasteiger partial charge in [-0.25, -0.2) is 8.42 Å². The zero-order valence-electron chi connectivity index (χ0n) is 20.3. The quantitative estimate of drug-likeness (QED) is 0.252. The first-order valence-corrected chi connectivity index (χ1v) is 14.0. The number of para-hydroxylation sites is 1. The highest BCUT2D eigenvalue weighted by Crippen LogP contribution is 2.32. The van der Waals surface area contributed by atoms with E-state index in [1.807, 2.05) is 6.07 Å². The second kappa shape index (κ2) is 11.4. The van der Waals surface area contributed by atoms with Gasteiger partial charge in [0.05, 0.1) is 21.2 Å². The Morgan fingerprint density at radius 3 is 2.38 bits per heavy atom. The fraction of sp³-hybridized carbons (Fsp3) is 0.107. The van der Waals surface area contributed by atoms with E-state index in [4.69, 9.17) is 37.4 Å². The summed E-state index contributed by atoms with van der Waals surface area (Å²) in [5.41, 5.74) is 0.939. The number of anilines is 1. The Kier molecular flexibility index (Phi) is 7.83. The molecule has 2 N–H and O–H groups in total. The molecular formula is C28H22Cl2N2O6S. The average molecular weight is 585 g/mol. The van der Waals surface area contributed by atoms with E-state index in [0.717, 1.165) is 5.56 Å². The molecule has 1 aliphatic heterocycles. The largest absolute Gasteiger partial charge is 0.486 e. The smallest absolute Gasteiger partial charge is 0.261 e. The van der Waals surface area contributed by atoms with Crippen molar-refractivity contribution in [3.8, 4) is 23.0 Å². The Labute approximate surface area is 235 Å². The molecule has 4 aromatic carbocycles. The lowest BCUT2D eigenvalue weighted by Crippen LogP contribution is -2.25. The number of carbonyl (C=O) groups excluding carboxylic acids is 1. The van der Waals surface area contributed by atoms with Gasteiger partial charge in [0.25, 0.3) is 15.9 Å². The Morgan fingerprint density at radius 2 is 1.62 bits per heavy atom. The summed E-state index contributed by atoms with van der Waals surface area (Å²) in [6.45, 7) is 1.12. The normalized spacial score (nSPS) is 12.5. The number of amides is 1. The number of sulfonamides is 1. The molecule has 0 saturated carbocycles. The molecule has 8 nitrogen and oxygen atoms in total. The first-order valence-electron chi connectivity index (χ1n) is 11.8. The van der Waals surface area contributed by atoms with E-state index in [-0.39, 0.29) is 27.7 Å². The van der Waals surface area contributed by atoms with E-state index in [2.05, 4.69) is 10.0 Å². The maximum Gasteiger partial charge on any atom is 0.261 e. The van der Waals surface area contributed by atoms with Crippen LogP contribution in [0.2, 0.25) is 10.0 Å². The Morgan fingerprint density at radius 1 is 0.872 bits per heavy atom. The van der Waals surface area contributed by atoms with Gasteiger partial charge in [-0.1, -0.05) is 41.4 Å². The number of hydrogen-bond donors (Lipinski definition) is 2. The topological polar surface area (TPSA) is 103 Å². The van der Waals surface area contributed by atoms with Gasteiger partial charge in [0, 0.05) is 11.6 Å². The molecule has 5 rings (SSSR count). The highest BCUT2D eigenvalue weighted by atomic mass is 35.5. The van der Waals surface area contributed by atoms with Crippen molar-refractivity contribution in [2.75, 3.05) is 17.9 Å². The number of carbonyl (C=O) groups is 1. The zero-order valence-corrected chi connectivity index (χ0v) is 22.6. The number of nitrogens with one attached hydrogen (secondary N) is 2. The molecule has 11 heteroatoms. The molecule has 1 amide bonds. The van der Waals surface area contributed by atoms with Crippen molar-refractivity contribution in [2.24, 2.45) is 0 Å². The molecule has 0 aliphatic carbocycles. The summed E-state index contributed by atoms with van der Waals surface area (Å²) in [4.78, 5) is 13.0. The number of halogens is 2. The molecule has 1 aliphatic rings. The fourth-order valence-electron chi connectivity index (χ4n) is 3.81. The van der Waals surface area contributed by atoms with Crippen molar-refractivity contribution >= 4 is 44.8 Å². The van der Waals surface area contributed by atoms with Gasteiger partial charge in [-0.15, -0.1) is 0 Å². The summed E-state index contributed by atoms with van der Waals surface area (Å²) < 4.78 is 45.6. The van der Waals surface area contributed by atoms with Gasteiger partial charge in [0.15, 0.2) is 11.5 Å². The van der Waals surface area contributed by atoms with Crippen LogP contribution in [0, 0.1) is 0 Å². The average Bonchev–Trinajstić information content (AvgIpc) is 2.94. The van der Waals surface area contributed by atoms with Gasteiger partial charge < -0.3 is 19.5 Å². The fourth-order valence-corrected chi connectivity index (χ4v) is 5.24. The van der Waals surface area contributed by atoms with Gasteiger partial charge in [-0.2, -0.15) is 0 Å². The molecule has 200 valence electrons. The SMILES string of the molecule is O=C(NCc1ccc2c(c1)OCCO2)c1cc(Cl)ccc1NS(=O)(=O)c1ccc(Oc2ccccc2Cl)cc1. The Bertz CT molecular complexity index is 1630. The lowest BCUT2D eigenvalue weighted by molar-refractivity contribution is 0.0951. The number of fused-ring (bicyclic) bond motifs is 1. The number of hydrogen-bond acceptors (Lipinski definition) is 6. The monoisotopic (exact) mass is 584 g/mol. The van der Waals surface area contributed by atoms with Crippen LogP contribution < -0.4 is 24.2 Å². The van der Waals surface area contributed by atoms with Crippen LogP contribution in [0.5, 0.6) is 23.0 Å². The van der Waals surface area contributed by atoms with Gasteiger partial charge >= 0.3 is 0 Å². The maximum atomic E-state index is 13.1. The Hall–Kier alpha value is -3.92. The van der Waals surface area contributed by atoms with Crippen LogP contribution >= 0.6 is 23.2 Å². The minimum Gasteiger partial charge on any atom is -0.486 e. The molecule has 39 heavy (non-hydrogen) atoms. The molecule has 0 spiro atoms. The van der Waals surface area contributed by atoms with Crippen molar-refractivity contribution in [2.45, 2.75) is 11.4 Å². The van der Waals surface area contributed by atoms with Gasteiger partial charge in [0.2, 0.25) is 0 Å². The van der Waals surface area contributed by atoms with Gasteiger partial charge in [-0.05, 0) is 72.3 Å². The number of benzene rings is 4. The molecular weight excluding hydrogens is 563 g/mol. The van der Waals surface area contributed by atoms with Crippen LogP contribution in [-0.2, 0) is 16.6 Å². The highest BCUT2D eigenvalue weighted by molar-refractivity contribution is 7.92. The molecule has 4 aromatic rings. The van der Waals surface area contributed by atoms with Crippen molar-refractivity contribution in [1.82, 2.24) is 5.32 Å². The summed E-state index contributed by atoms with van der Waals surface area (Å²) in [6, 6.07) is 22.5. The van der Waals surface area contributed by atoms with E-state index in [0.29, 0.717) is 41.2 Å². The van der Waals surface area contributed by atoms with E-state index in [1.165, 1.54) is 42.5 Å². The second-order valence-electron chi connectivity index (χ2n) is 8.46. The van der Waals surface area contributed by atoms with E-state index in [1.54, 1.807) is 36.4 Å². The lowest BCUT2D eigenvalue weighted by Gasteiger charge is -2.19. The van der Waals surface area contributed by atoms with Gasteiger partial charge in [0.1, 0.15) is 24.7 Å². The van der Waals surface area contributed by atoms with Crippen LogP contribution in [0.1, 0.15) is 15.9 Å². The van der Waals surface area contributed by atoms with Crippen LogP contribution in [-0.4, -0.2) is 27.5 Å². The summed E-state index contributed by atoms with van der Waals surface area (Å²) in [5, 5.41) is 3.50. The molecule has 0 aromatic heterocycles. The van der Waals surface area contributed by atoms with Crippen molar-refractivity contribution in [1.29, 1.82) is 0 Å². The summed E-state index contributed by atoms with van der Waals surface area (Å²) >= 11 is 12.3. The predicted octanol–water partition coefficient (Wildman–Crippen LogP) is 6.29. The van der Waals surface area contributed by atoms with Crippen LogP contribution in [0.3, 0.4) is 0 Å². The number of ether oxygens (including phenoxy) is 3. The van der Waals surface area contributed by atoms with Crippen molar-refractivity contribution in [3.63, 3.8) is 0 Å². The van der Waals surface area contributed by atoms with Crippen molar-refractivity contribution in [3.05, 3.63) is 106 Å². The molecule has 0 bridgehead atoms. The molecule has 0 atom stereocenters. The zero-order chi connectivity index (χ0) is 27.4. The first-order chi connectivity index (χ1) is 18.8. The molecule has 0 unspecified atom stereocenters. The van der Waals surface area contributed by atoms with Crippen LogP contribution in [0.15, 0.2) is 89.8 Å². The van der Waals surface area contributed by atoms with Crippen molar-refractivity contribution < 1.29 is 27.4 Å². The lowest BCUT2D eigenvalue weighted by atomic mass is 10.1. The highest BCUT2D eigenvalue weighted by Gasteiger charge is 2.20. The summed E-state index contributed by atoms with van der Waals surface area (Å²) in [5.74, 6) is 1.60.